The summed E-state index contributed by atoms with van der Waals surface area (Å²) in [5.41, 5.74) is 1.18. The molecular formula is C31H54O4. The van der Waals surface area contributed by atoms with Gasteiger partial charge in [-0.15, -0.1) is 0 Å². The van der Waals surface area contributed by atoms with Gasteiger partial charge in [-0.3, -0.25) is 0 Å². The second-order valence-corrected chi connectivity index (χ2v) is 10.2. The van der Waals surface area contributed by atoms with E-state index in [4.69, 9.17) is 18.9 Å². The van der Waals surface area contributed by atoms with E-state index in [1.54, 1.807) is 0 Å². The average Bonchev–Trinajstić information content (AvgIpc) is 2.90. The lowest BCUT2D eigenvalue weighted by atomic mass is 10.0. The van der Waals surface area contributed by atoms with Gasteiger partial charge in [-0.25, -0.2) is 0 Å². The summed E-state index contributed by atoms with van der Waals surface area (Å²) in [4.78, 5) is 0. The molecular weight excluding hydrogens is 436 g/mol. The Labute approximate surface area is 216 Å². The molecule has 4 nitrogen and oxygen atoms in total. The lowest BCUT2D eigenvalue weighted by Gasteiger charge is -2.25. The van der Waals surface area contributed by atoms with E-state index in [1.165, 1.54) is 95.5 Å². The van der Waals surface area contributed by atoms with Crippen LogP contribution in [0.4, 0.5) is 0 Å². The first-order valence-corrected chi connectivity index (χ1v) is 14.8. The van der Waals surface area contributed by atoms with E-state index in [-0.39, 0.29) is 12.4 Å². The Morgan fingerprint density at radius 2 is 1.40 bits per heavy atom. The number of unbranched alkanes of at least 4 members (excludes halogenated alkanes) is 13. The van der Waals surface area contributed by atoms with Gasteiger partial charge in [0.2, 0.25) is 0 Å². The second kappa shape index (κ2) is 22.3. The van der Waals surface area contributed by atoms with Gasteiger partial charge in [-0.05, 0) is 31.2 Å². The zero-order valence-corrected chi connectivity index (χ0v) is 22.7. The summed E-state index contributed by atoms with van der Waals surface area (Å²) in [5.74, 6) is 0. The van der Waals surface area contributed by atoms with Gasteiger partial charge < -0.3 is 18.9 Å². The fourth-order valence-electron chi connectivity index (χ4n) is 4.60. The highest BCUT2D eigenvalue weighted by Gasteiger charge is 2.18. The molecule has 202 valence electrons. The van der Waals surface area contributed by atoms with E-state index in [0.717, 1.165) is 32.5 Å². The summed E-state index contributed by atoms with van der Waals surface area (Å²) >= 11 is 0. The number of ether oxygens (including phenoxy) is 4. The van der Waals surface area contributed by atoms with E-state index in [1.807, 2.05) is 18.2 Å². The Hall–Kier alpha value is -0.940. The molecule has 1 heterocycles. The summed E-state index contributed by atoms with van der Waals surface area (Å²) in [6, 6.07) is 10.3. The van der Waals surface area contributed by atoms with Crippen LogP contribution in [-0.2, 0) is 25.6 Å². The second-order valence-electron chi connectivity index (χ2n) is 10.2. The third kappa shape index (κ3) is 17.2. The average molecular weight is 491 g/mol. The summed E-state index contributed by atoms with van der Waals surface area (Å²) < 4.78 is 23.8. The number of benzene rings is 1. The largest absolute Gasteiger partial charge is 0.379 e. The van der Waals surface area contributed by atoms with Crippen LogP contribution in [0.1, 0.15) is 122 Å². The quantitative estimate of drug-likeness (QED) is 0.144. The van der Waals surface area contributed by atoms with Crippen molar-refractivity contribution in [3.63, 3.8) is 0 Å². The van der Waals surface area contributed by atoms with Gasteiger partial charge in [-0.1, -0.05) is 121 Å². The van der Waals surface area contributed by atoms with E-state index in [9.17, 15) is 0 Å². The molecule has 0 spiro atoms. The normalized spacial score (nSPS) is 17.0. The van der Waals surface area contributed by atoms with E-state index < -0.39 is 0 Å². The van der Waals surface area contributed by atoms with Crippen LogP contribution >= 0.6 is 0 Å². The molecule has 0 aliphatic carbocycles. The van der Waals surface area contributed by atoms with E-state index >= 15 is 0 Å². The van der Waals surface area contributed by atoms with Crippen molar-refractivity contribution < 1.29 is 18.9 Å². The van der Waals surface area contributed by atoms with Gasteiger partial charge in [0.05, 0.1) is 19.8 Å². The van der Waals surface area contributed by atoms with Crippen molar-refractivity contribution in [2.45, 2.75) is 135 Å². The topological polar surface area (TPSA) is 36.9 Å². The van der Waals surface area contributed by atoms with Crippen molar-refractivity contribution in [3.8, 4) is 0 Å². The molecule has 2 unspecified atom stereocenters. The first-order chi connectivity index (χ1) is 17.4. The van der Waals surface area contributed by atoms with Crippen LogP contribution in [0, 0.1) is 0 Å². The molecule has 1 aromatic carbocycles. The van der Waals surface area contributed by atoms with Crippen molar-refractivity contribution in [1.82, 2.24) is 0 Å². The van der Waals surface area contributed by atoms with Crippen LogP contribution in [0.25, 0.3) is 0 Å². The molecule has 4 heteroatoms. The third-order valence-corrected chi connectivity index (χ3v) is 6.88. The minimum atomic E-state index is -0.0858. The molecule has 2 rings (SSSR count). The fourth-order valence-corrected chi connectivity index (χ4v) is 4.60. The van der Waals surface area contributed by atoms with E-state index in [2.05, 4.69) is 19.1 Å². The van der Waals surface area contributed by atoms with Gasteiger partial charge in [0, 0.05) is 13.2 Å². The maximum Gasteiger partial charge on any atom is 0.157 e. The SMILES string of the molecule is CCCCCCCCCCCCCCCCOCC(COC1CCCCO1)OCc1ccccc1. The van der Waals surface area contributed by atoms with Gasteiger partial charge in [0.25, 0.3) is 0 Å². The van der Waals surface area contributed by atoms with Crippen molar-refractivity contribution in [2.24, 2.45) is 0 Å². The maximum atomic E-state index is 6.14. The predicted molar refractivity (Wildman–Crippen MR) is 146 cm³/mol. The number of hydrogen-bond donors (Lipinski definition) is 0. The first kappa shape index (κ1) is 30.3. The maximum absolute atomic E-state index is 6.14. The Balaban J connectivity index is 1.45. The standard InChI is InChI=1S/C31H54O4/c1-2-3-4-5-6-7-8-9-10-11-12-13-14-19-24-32-27-30(28-35-31-23-18-20-25-33-31)34-26-29-21-16-15-17-22-29/h15-17,21-22,30-31H,2-14,18-20,23-28H2,1H3. The molecule has 35 heavy (non-hydrogen) atoms. The molecule has 0 aromatic heterocycles. The van der Waals surface area contributed by atoms with Gasteiger partial charge in [-0.2, -0.15) is 0 Å². The predicted octanol–water partition coefficient (Wildman–Crippen LogP) is 8.61. The number of rotatable bonds is 23. The zero-order chi connectivity index (χ0) is 24.7. The molecule has 0 saturated carbocycles. The van der Waals surface area contributed by atoms with Crippen LogP contribution in [0.15, 0.2) is 30.3 Å². The highest BCUT2D eigenvalue weighted by atomic mass is 16.7. The smallest absolute Gasteiger partial charge is 0.157 e. The molecule has 1 fully saturated rings. The molecule has 1 saturated heterocycles. The van der Waals surface area contributed by atoms with Crippen molar-refractivity contribution >= 4 is 0 Å². The van der Waals surface area contributed by atoms with Crippen molar-refractivity contribution in [2.75, 3.05) is 26.4 Å². The highest BCUT2D eigenvalue weighted by Crippen LogP contribution is 2.16. The van der Waals surface area contributed by atoms with Crippen LogP contribution in [0.5, 0.6) is 0 Å². The summed E-state index contributed by atoms with van der Waals surface area (Å²) in [6.07, 6.45) is 22.4. The van der Waals surface area contributed by atoms with Crippen molar-refractivity contribution in [3.05, 3.63) is 35.9 Å². The Morgan fingerprint density at radius 1 is 0.771 bits per heavy atom. The zero-order valence-electron chi connectivity index (χ0n) is 22.7. The molecule has 1 aliphatic heterocycles. The Kier molecular flexibility index (Phi) is 19.3. The molecule has 2 atom stereocenters. The molecule has 0 radical (unpaired) electrons. The molecule has 1 aromatic rings. The van der Waals surface area contributed by atoms with Gasteiger partial charge in [0.1, 0.15) is 6.10 Å². The summed E-state index contributed by atoms with van der Waals surface area (Å²) in [7, 11) is 0. The molecule has 0 bridgehead atoms. The minimum absolute atomic E-state index is 0.0626. The summed E-state index contributed by atoms with van der Waals surface area (Å²) in [6.45, 7) is 5.59. The fraction of sp³-hybridized carbons (Fsp3) is 0.806. The van der Waals surface area contributed by atoms with Gasteiger partial charge in [0.15, 0.2) is 6.29 Å². The van der Waals surface area contributed by atoms with Gasteiger partial charge >= 0.3 is 0 Å². The molecule has 0 amide bonds. The highest BCUT2D eigenvalue weighted by molar-refractivity contribution is 5.13. The third-order valence-electron chi connectivity index (χ3n) is 6.88. The summed E-state index contributed by atoms with van der Waals surface area (Å²) in [5, 5.41) is 0. The lowest BCUT2D eigenvalue weighted by molar-refractivity contribution is -0.186. The van der Waals surface area contributed by atoms with Crippen LogP contribution in [-0.4, -0.2) is 38.8 Å². The number of hydrogen-bond acceptors (Lipinski definition) is 4. The van der Waals surface area contributed by atoms with Crippen LogP contribution in [0.3, 0.4) is 0 Å². The minimum Gasteiger partial charge on any atom is -0.379 e. The molecule has 1 aliphatic rings. The monoisotopic (exact) mass is 490 g/mol. The Morgan fingerprint density at radius 3 is 2.00 bits per heavy atom. The van der Waals surface area contributed by atoms with Crippen LogP contribution < -0.4 is 0 Å². The molecule has 0 N–H and O–H groups in total. The Bertz CT molecular complexity index is 558. The van der Waals surface area contributed by atoms with Crippen molar-refractivity contribution in [1.29, 1.82) is 0 Å². The van der Waals surface area contributed by atoms with E-state index in [0.29, 0.717) is 19.8 Å². The van der Waals surface area contributed by atoms with Crippen LogP contribution in [0.2, 0.25) is 0 Å². The lowest BCUT2D eigenvalue weighted by Crippen LogP contribution is -2.31. The first-order valence-electron chi connectivity index (χ1n) is 14.8.